The van der Waals surface area contributed by atoms with Gasteiger partial charge in [0, 0.05) is 70.0 Å². The van der Waals surface area contributed by atoms with E-state index in [1.54, 1.807) is 0 Å². The maximum Gasteiger partial charge on any atom is 0.209 e. The average molecular weight is 473 g/mol. The zero-order valence-corrected chi connectivity index (χ0v) is 21.0. The lowest BCUT2D eigenvalue weighted by atomic mass is 9.77. The van der Waals surface area contributed by atoms with Gasteiger partial charge in [-0.05, 0) is 38.0 Å². The summed E-state index contributed by atoms with van der Waals surface area (Å²) in [6, 6.07) is 13.9. The quantitative estimate of drug-likeness (QED) is 0.362. The number of hydrogen-bond donors (Lipinski definition) is 0. The van der Waals surface area contributed by atoms with Crippen LogP contribution in [0.4, 0.5) is 5.69 Å². The molecule has 1 aliphatic heterocycles. The van der Waals surface area contributed by atoms with Crippen molar-refractivity contribution in [2.45, 2.75) is 39.5 Å². The first-order valence-corrected chi connectivity index (χ1v) is 12.2. The van der Waals surface area contributed by atoms with Crippen molar-refractivity contribution in [3.05, 3.63) is 82.2 Å². The van der Waals surface area contributed by atoms with Crippen LogP contribution in [0.2, 0.25) is 5.02 Å². The van der Waals surface area contributed by atoms with Gasteiger partial charge in [-0.25, -0.2) is 0 Å². The molecule has 0 saturated carbocycles. The number of halogens is 1. The summed E-state index contributed by atoms with van der Waals surface area (Å²) in [5, 5.41) is 14.8. The van der Waals surface area contributed by atoms with Crippen LogP contribution in [0.15, 0.2) is 66.1 Å². The van der Waals surface area contributed by atoms with E-state index in [2.05, 4.69) is 50.5 Å². The Labute approximate surface area is 205 Å². The Bertz CT molecular complexity index is 1450. The Morgan fingerprint density at radius 1 is 1.18 bits per heavy atom. The molecule has 2 heterocycles. The van der Waals surface area contributed by atoms with Crippen molar-refractivity contribution in [1.29, 1.82) is 0 Å². The first kappa shape index (κ1) is 22.7. The van der Waals surface area contributed by atoms with E-state index >= 15 is 0 Å². The summed E-state index contributed by atoms with van der Waals surface area (Å²) < 4.78 is 4.22. The van der Waals surface area contributed by atoms with E-state index in [4.69, 9.17) is 11.6 Å². The number of Topliss-reactive ketones (excluding diaryl/α,β-unsaturated/α-hetero) is 1. The van der Waals surface area contributed by atoms with Crippen LogP contribution >= 0.6 is 11.6 Å². The van der Waals surface area contributed by atoms with E-state index in [-0.39, 0.29) is 28.1 Å². The van der Waals surface area contributed by atoms with E-state index in [1.807, 2.05) is 48.2 Å². The first-order valence-electron chi connectivity index (χ1n) is 11.8. The minimum atomic E-state index is -0.302. The number of allylic oxidation sites excluding steroid dienone is 3. The van der Waals surface area contributed by atoms with Gasteiger partial charge in [0.2, 0.25) is 5.69 Å². The van der Waals surface area contributed by atoms with Crippen LogP contribution in [0, 0.1) is 5.92 Å². The fourth-order valence-corrected chi connectivity index (χ4v) is 5.39. The standard InChI is InChI=1S/C29H29ClN2O2/c1-17(2)12-13-32-24-9-7-6-8-22(24)29(3,4)25(32)15-20-27(33)26(28(20)34)21-16-31(5)23-11-10-18(30)14-19(21)23/h6-11,14-17H,12-13H2,1-5H3. The molecular formula is C29H29ClN2O2. The van der Waals surface area contributed by atoms with Gasteiger partial charge < -0.3 is 9.67 Å². The molecule has 0 bridgehead atoms. The Morgan fingerprint density at radius 2 is 1.91 bits per heavy atom. The molecule has 0 spiro atoms. The summed E-state index contributed by atoms with van der Waals surface area (Å²) in [6.45, 7) is 9.60. The van der Waals surface area contributed by atoms with Crippen LogP contribution in [0.3, 0.4) is 0 Å². The van der Waals surface area contributed by atoms with Gasteiger partial charge in [-0.3, -0.25) is 4.79 Å². The van der Waals surface area contributed by atoms with Crippen LogP contribution in [0.5, 0.6) is 0 Å². The second-order valence-electron chi connectivity index (χ2n) is 10.3. The van der Waals surface area contributed by atoms with Gasteiger partial charge in [-0.15, -0.1) is 0 Å². The van der Waals surface area contributed by atoms with E-state index < -0.39 is 0 Å². The third-order valence-corrected chi connectivity index (χ3v) is 7.41. The molecule has 0 amide bonds. The Morgan fingerprint density at radius 3 is 2.62 bits per heavy atom. The number of fused-ring (bicyclic) bond motifs is 2. The van der Waals surface area contributed by atoms with Crippen molar-refractivity contribution in [2.24, 2.45) is 13.0 Å². The number of carbonyl (C=O) groups excluding carboxylic acids is 1. The molecule has 5 heteroatoms. The largest absolute Gasteiger partial charge is 0.871 e. The molecule has 0 unspecified atom stereocenters. The summed E-state index contributed by atoms with van der Waals surface area (Å²) in [5.74, 6) is 0.163. The number of carbonyl (C=O) groups is 1. The molecule has 0 radical (unpaired) electrons. The molecule has 34 heavy (non-hydrogen) atoms. The predicted octanol–water partition coefficient (Wildman–Crippen LogP) is 5.53. The highest BCUT2D eigenvalue weighted by Gasteiger charge is 2.45. The van der Waals surface area contributed by atoms with Crippen LogP contribution in [0.25, 0.3) is 16.5 Å². The number of hydrogen-bond acceptors (Lipinski definition) is 2. The molecule has 1 aliphatic carbocycles. The summed E-state index contributed by atoms with van der Waals surface area (Å²) in [5.41, 5.74) is 5.19. The Balaban J connectivity index is 1.63. The van der Waals surface area contributed by atoms with Gasteiger partial charge >= 0.3 is 0 Å². The second kappa shape index (κ2) is 7.99. The molecule has 2 aliphatic rings. The minimum Gasteiger partial charge on any atom is -0.871 e. The third kappa shape index (κ3) is 3.35. The molecule has 0 fully saturated rings. The fourth-order valence-electron chi connectivity index (χ4n) is 5.22. The SMILES string of the molecule is CC(C)CC[N+]1=C(/C=C2/C(=O)C(c3cn(C)c4ccc(Cl)cc34)=C2[O-])C(C)(C)c2ccccc21. The molecule has 3 aromatic rings. The van der Waals surface area contributed by atoms with Crippen molar-refractivity contribution in [1.82, 2.24) is 4.57 Å². The number of rotatable bonds is 5. The topological polar surface area (TPSA) is 48.1 Å². The summed E-state index contributed by atoms with van der Waals surface area (Å²) >= 11 is 6.22. The molecule has 0 saturated heterocycles. The lowest BCUT2D eigenvalue weighted by Crippen LogP contribution is -2.33. The first-order chi connectivity index (χ1) is 16.1. The number of benzene rings is 2. The summed E-state index contributed by atoms with van der Waals surface area (Å²) in [7, 11) is 1.91. The molecule has 2 aromatic carbocycles. The normalized spacial score (nSPS) is 18.4. The summed E-state index contributed by atoms with van der Waals surface area (Å²) in [6.07, 6.45) is 4.71. The Hall–Kier alpha value is -3.11. The lowest BCUT2D eigenvalue weighted by molar-refractivity contribution is -0.439. The lowest BCUT2D eigenvalue weighted by Gasteiger charge is -2.30. The number of nitrogens with zero attached hydrogens (tertiary/aromatic N) is 2. The molecule has 0 N–H and O–H groups in total. The molecule has 174 valence electrons. The van der Waals surface area contributed by atoms with Gasteiger partial charge in [0.25, 0.3) is 0 Å². The highest BCUT2D eigenvalue weighted by molar-refractivity contribution is 6.41. The molecule has 0 atom stereocenters. The van der Waals surface area contributed by atoms with Crippen LogP contribution in [-0.2, 0) is 17.3 Å². The number of ketones is 1. The van der Waals surface area contributed by atoms with E-state index in [9.17, 15) is 9.90 Å². The second-order valence-corrected chi connectivity index (χ2v) is 10.7. The number of aromatic nitrogens is 1. The van der Waals surface area contributed by atoms with Gasteiger partial charge in [0.15, 0.2) is 11.5 Å². The van der Waals surface area contributed by atoms with E-state index in [0.29, 0.717) is 16.5 Å². The number of para-hydroxylation sites is 1. The molecular weight excluding hydrogens is 444 g/mol. The fraction of sp³-hybridized carbons (Fsp3) is 0.310. The average Bonchev–Trinajstić information content (AvgIpc) is 3.21. The van der Waals surface area contributed by atoms with Gasteiger partial charge in [-0.1, -0.05) is 49.4 Å². The molecule has 4 nitrogen and oxygen atoms in total. The van der Waals surface area contributed by atoms with Gasteiger partial charge in [0.1, 0.15) is 6.54 Å². The monoisotopic (exact) mass is 472 g/mol. The van der Waals surface area contributed by atoms with Crippen molar-refractivity contribution in [3.8, 4) is 0 Å². The number of aryl methyl sites for hydroxylation is 1. The van der Waals surface area contributed by atoms with Gasteiger partial charge in [0.05, 0.1) is 5.41 Å². The zero-order chi connectivity index (χ0) is 24.4. The van der Waals surface area contributed by atoms with E-state index in [1.165, 1.54) is 5.56 Å². The minimum absolute atomic E-state index is 0.194. The Kier molecular flexibility index (Phi) is 5.33. The van der Waals surface area contributed by atoms with Crippen LogP contribution in [0.1, 0.15) is 45.2 Å². The molecule has 5 rings (SSSR count). The van der Waals surface area contributed by atoms with Crippen LogP contribution < -0.4 is 5.11 Å². The van der Waals surface area contributed by atoms with E-state index in [0.717, 1.165) is 35.3 Å². The maximum atomic E-state index is 13.4. The predicted molar refractivity (Wildman–Crippen MR) is 137 cm³/mol. The van der Waals surface area contributed by atoms with Crippen molar-refractivity contribution < 1.29 is 14.5 Å². The van der Waals surface area contributed by atoms with Crippen molar-refractivity contribution >= 4 is 45.3 Å². The highest BCUT2D eigenvalue weighted by atomic mass is 35.5. The highest BCUT2D eigenvalue weighted by Crippen LogP contribution is 2.43. The zero-order valence-electron chi connectivity index (χ0n) is 20.3. The maximum absolute atomic E-state index is 13.4. The third-order valence-electron chi connectivity index (χ3n) is 7.17. The smallest absolute Gasteiger partial charge is 0.209 e. The summed E-state index contributed by atoms with van der Waals surface area (Å²) in [4.78, 5) is 13.4. The van der Waals surface area contributed by atoms with Crippen molar-refractivity contribution in [3.63, 3.8) is 0 Å². The molecule has 1 aromatic heterocycles. The van der Waals surface area contributed by atoms with Crippen LogP contribution in [-0.4, -0.2) is 27.2 Å². The van der Waals surface area contributed by atoms with Crippen molar-refractivity contribution in [2.75, 3.05) is 6.54 Å². The van der Waals surface area contributed by atoms with Gasteiger partial charge in [-0.2, -0.15) is 4.58 Å².